The smallest absolute Gasteiger partial charge is 0.328 e. The number of thiophene rings is 1. The van der Waals surface area contributed by atoms with Gasteiger partial charge in [-0.05, 0) is 40.6 Å². The van der Waals surface area contributed by atoms with Crippen LogP contribution in [0.15, 0.2) is 15.9 Å². The minimum Gasteiger partial charge on any atom is -0.478 e. The van der Waals surface area contributed by atoms with Crippen LogP contribution in [-0.4, -0.2) is 11.1 Å². The molecule has 0 saturated heterocycles. The molecule has 0 amide bonds. The maximum atomic E-state index is 10.2. The third-order valence-corrected chi connectivity index (χ3v) is 2.90. The van der Waals surface area contributed by atoms with E-state index in [-0.39, 0.29) is 0 Å². The van der Waals surface area contributed by atoms with Crippen LogP contribution >= 0.6 is 27.3 Å². The molecule has 1 rings (SSSR count). The molecule has 0 aliphatic rings. The summed E-state index contributed by atoms with van der Waals surface area (Å²) in [6, 6.07) is 1.90. The van der Waals surface area contributed by atoms with Crippen LogP contribution in [0.3, 0.4) is 0 Å². The van der Waals surface area contributed by atoms with Crippen LogP contribution in [-0.2, 0) is 4.79 Å². The van der Waals surface area contributed by atoms with Gasteiger partial charge in [0.25, 0.3) is 0 Å². The van der Waals surface area contributed by atoms with Crippen LogP contribution in [0.5, 0.6) is 0 Å². The Labute approximate surface area is 82.7 Å². The van der Waals surface area contributed by atoms with E-state index in [1.165, 1.54) is 0 Å². The summed E-state index contributed by atoms with van der Waals surface area (Å²) in [6.07, 6.45) is 2.74. The summed E-state index contributed by atoms with van der Waals surface area (Å²) in [5, 5.41) is 8.38. The van der Waals surface area contributed by atoms with Crippen molar-refractivity contribution in [1.29, 1.82) is 0 Å². The van der Waals surface area contributed by atoms with E-state index < -0.39 is 5.97 Å². The third kappa shape index (κ3) is 2.46. The Bertz CT molecular complexity index is 328. The molecule has 0 unspecified atom stereocenters. The number of aryl methyl sites for hydroxylation is 1. The zero-order chi connectivity index (χ0) is 9.14. The zero-order valence-corrected chi connectivity index (χ0v) is 8.78. The lowest BCUT2D eigenvalue weighted by atomic mass is 10.2. The molecule has 0 aliphatic carbocycles. The summed E-state index contributed by atoms with van der Waals surface area (Å²) in [6.45, 7) is 1.96. The number of hydrogen-bond donors (Lipinski definition) is 1. The number of carbonyl (C=O) groups is 1. The van der Waals surface area contributed by atoms with Crippen LogP contribution in [0.2, 0.25) is 0 Å². The monoisotopic (exact) mass is 246 g/mol. The fourth-order valence-corrected chi connectivity index (χ4v) is 2.48. The lowest BCUT2D eigenvalue weighted by molar-refractivity contribution is -0.131. The Kier molecular flexibility index (Phi) is 3.05. The molecule has 0 aliphatic heterocycles. The Morgan fingerprint density at radius 2 is 2.42 bits per heavy atom. The highest BCUT2D eigenvalue weighted by Gasteiger charge is 1.99. The van der Waals surface area contributed by atoms with Crippen molar-refractivity contribution in [2.24, 2.45) is 0 Å². The van der Waals surface area contributed by atoms with Gasteiger partial charge in [0.15, 0.2) is 0 Å². The predicted octanol–water partition coefficient (Wildman–Crippen LogP) is 2.92. The molecule has 1 aromatic rings. The summed E-state index contributed by atoms with van der Waals surface area (Å²) in [7, 11) is 0. The normalized spacial score (nSPS) is 10.8. The topological polar surface area (TPSA) is 37.3 Å². The summed E-state index contributed by atoms with van der Waals surface area (Å²) in [5.41, 5.74) is 0.953. The van der Waals surface area contributed by atoms with Gasteiger partial charge in [-0.2, -0.15) is 0 Å². The van der Waals surface area contributed by atoms with Crippen LogP contribution < -0.4 is 0 Å². The maximum absolute atomic E-state index is 10.2. The van der Waals surface area contributed by atoms with E-state index in [4.69, 9.17) is 5.11 Å². The maximum Gasteiger partial charge on any atom is 0.328 e. The van der Waals surface area contributed by atoms with Gasteiger partial charge in [-0.15, -0.1) is 11.3 Å². The van der Waals surface area contributed by atoms with E-state index >= 15 is 0 Å². The molecular formula is C8H7BrO2S. The van der Waals surface area contributed by atoms with Gasteiger partial charge in [0.2, 0.25) is 0 Å². The Hall–Kier alpha value is -0.610. The van der Waals surface area contributed by atoms with Crippen molar-refractivity contribution in [2.45, 2.75) is 6.92 Å². The molecule has 1 N–H and O–H groups in total. The van der Waals surface area contributed by atoms with Gasteiger partial charge >= 0.3 is 5.97 Å². The molecule has 0 radical (unpaired) electrons. The molecule has 0 saturated carbocycles. The zero-order valence-electron chi connectivity index (χ0n) is 6.37. The van der Waals surface area contributed by atoms with Crippen LogP contribution in [0.4, 0.5) is 0 Å². The first-order valence-corrected chi connectivity index (χ1v) is 4.87. The number of hydrogen-bond acceptors (Lipinski definition) is 2. The molecule has 2 nitrogen and oxygen atoms in total. The minimum absolute atomic E-state index is 0.920. The first-order chi connectivity index (χ1) is 5.59. The second kappa shape index (κ2) is 3.87. The fraction of sp³-hybridized carbons (Fsp3) is 0.125. The largest absolute Gasteiger partial charge is 0.478 e. The fourth-order valence-electron chi connectivity index (χ4n) is 0.785. The van der Waals surface area contributed by atoms with Gasteiger partial charge in [0, 0.05) is 11.0 Å². The van der Waals surface area contributed by atoms with Crippen molar-refractivity contribution in [3.63, 3.8) is 0 Å². The molecule has 0 aromatic carbocycles. The summed E-state index contributed by atoms with van der Waals surface area (Å²) in [5.74, 6) is -0.920. The van der Waals surface area contributed by atoms with E-state index in [9.17, 15) is 4.79 Å². The Balaban J connectivity index is 2.89. The molecule has 0 bridgehead atoms. The van der Waals surface area contributed by atoms with Crippen molar-refractivity contribution in [3.05, 3.63) is 26.4 Å². The average Bonchev–Trinajstić information content (AvgIpc) is 2.26. The number of carboxylic acids is 1. The van der Waals surface area contributed by atoms with E-state index in [0.717, 1.165) is 20.3 Å². The van der Waals surface area contributed by atoms with Crippen LogP contribution in [0.1, 0.15) is 10.4 Å². The predicted molar refractivity (Wildman–Crippen MR) is 53.4 cm³/mol. The van der Waals surface area contributed by atoms with Crippen molar-refractivity contribution >= 4 is 39.3 Å². The Morgan fingerprint density at radius 1 is 1.75 bits per heavy atom. The van der Waals surface area contributed by atoms with Crippen molar-refractivity contribution in [2.75, 3.05) is 0 Å². The number of carboxylic acid groups (broad SMARTS) is 1. The van der Waals surface area contributed by atoms with Crippen LogP contribution in [0, 0.1) is 6.92 Å². The van der Waals surface area contributed by atoms with Gasteiger partial charge in [0.1, 0.15) is 0 Å². The van der Waals surface area contributed by atoms with Gasteiger partial charge < -0.3 is 5.11 Å². The molecule has 4 heteroatoms. The summed E-state index contributed by atoms with van der Waals surface area (Å²) in [4.78, 5) is 11.3. The highest BCUT2D eigenvalue weighted by Crippen LogP contribution is 2.26. The van der Waals surface area contributed by atoms with E-state index in [0.29, 0.717) is 0 Å². The van der Waals surface area contributed by atoms with Crippen LogP contribution in [0.25, 0.3) is 6.08 Å². The molecule has 0 fully saturated rings. The molecule has 0 spiro atoms. The average molecular weight is 247 g/mol. The first kappa shape index (κ1) is 9.48. The second-order valence-corrected chi connectivity index (χ2v) is 4.87. The van der Waals surface area contributed by atoms with E-state index in [1.807, 2.05) is 13.0 Å². The molecule has 0 atom stereocenters. The quantitative estimate of drug-likeness (QED) is 0.816. The van der Waals surface area contributed by atoms with Gasteiger partial charge in [0.05, 0.1) is 3.79 Å². The van der Waals surface area contributed by atoms with E-state index in [1.54, 1.807) is 17.4 Å². The molecule has 12 heavy (non-hydrogen) atoms. The lowest BCUT2D eigenvalue weighted by Crippen LogP contribution is -1.85. The van der Waals surface area contributed by atoms with Gasteiger partial charge in [-0.25, -0.2) is 4.79 Å². The highest BCUT2D eigenvalue weighted by molar-refractivity contribution is 9.11. The van der Waals surface area contributed by atoms with Crippen molar-refractivity contribution in [3.8, 4) is 0 Å². The number of aliphatic carboxylic acids is 1. The van der Waals surface area contributed by atoms with Gasteiger partial charge in [-0.1, -0.05) is 0 Å². The molecular weight excluding hydrogens is 240 g/mol. The third-order valence-electron chi connectivity index (χ3n) is 1.33. The Morgan fingerprint density at radius 3 is 2.83 bits per heavy atom. The molecule has 1 aromatic heterocycles. The number of halogens is 1. The summed E-state index contributed by atoms with van der Waals surface area (Å²) < 4.78 is 1.02. The first-order valence-electron chi connectivity index (χ1n) is 3.26. The van der Waals surface area contributed by atoms with Crippen molar-refractivity contribution in [1.82, 2.24) is 0 Å². The summed E-state index contributed by atoms with van der Waals surface area (Å²) >= 11 is 4.92. The van der Waals surface area contributed by atoms with Gasteiger partial charge in [-0.3, -0.25) is 0 Å². The van der Waals surface area contributed by atoms with E-state index in [2.05, 4.69) is 15.9 Å². The SMILES string of the molecule is Cc1sc(Br)cc1C=CC(=O)O. The molecule has 1 heterocycles. The second-order valence-electron chi connectivity index (χ2n) is 2.23. The minimum atomic E-state index is -0.920. The van der Waals surface area contributed by atoms with Crippen molar-refractivity contribution < 1.29 is 9.90 Å². The molecule has 64 valence electrons. The standard InChI is InChI=1S/C8H7BrO2S/c1-5-6(2-3-8(10)11)4-7(9)12-5/h2-4H,1H3,(H,10,11). The number of rotatable bonds is 2. The lowest BCUT2D eigenvalue weighted by Gasteiger charge is -1.85. The highest BCUT2D eigenvalue weighted by atomic mass is 79.9.